The zero-order valence-corrected chi connectivity index (χ0v) is 11.4. The van der Waals surface area contributed by atoms with E-state index in [2.05, 4.69) is 19.1 Å². The van der Waals surface area contributed by atoms with E-state index < -0.39 is 8.80 Å². The molecule has 0 N–H and O–H groups in total. The molecule has 0 radical (unpaired) electrons. The van der Waals surface area contributed by atoms with Crippen LogP contribution in [-0.2, 0) is 13.3 Å². The topological polar surface area (TPSA) is 27.7 Å². The summed E-state index contributed by atoms with van der Waals surface area (Å²) in [4.78, 5) is 0. The van der Waals surface area contributed by atoms with Crippen LogP contribution in [-0.4, -0.2) is 30.1 Å². The summed E-state index contributed by atoms with van der Waals surface area (Å²) in [6.45, 7) is 2.21. The Bertz CT molecular complexity index is 159. The van der Waals surface area contributed by atoms with Gasteiger partial charge in [0.05, 0.1) is 0 Å². The Morgan fingerprint density at radius 1 is 0.933 bits per heavy atom. The van der Waals surface area contributed by atoms with Crippen molar-refractivity contribution in [1.29, 1.82) is 0 Å². The SMILES string of the molecule is CCCCCC=CC[Si](OC)(OC)OC. The van der Waals surface area contributed by atoms with Crippen molar-refractivity contribution in [3.8, 4) is 0 Å². The van der Waals surface area contributed by atoms with Gasteiger partial charge in [-0.2, -0.15) is 0 Å². The van der Waals surface area contributed by atoms with Gasteiger partial charge >= 0.3 is 8.80 Å². The second-order valence-corrected chi connectivity index (χ2v) is 6.47. The van der Waals surface area contributed by atoms with Gasteiger partial charge in [-0.15, -0.1) is 0 Å². The van der Waals surface area contributed by atoms with Crippen molar-refractivity contribution in [2.75, 3.05) is 21.3 Å². The van der Waals surface area contributed by atoms with Crippen molar-refractivity contribution in [3.63, 3.8) is 0 Å². The lowest BCUT2D eigenvalue weighted by molar-refractivity contribution is 0.127. The standard InChI is InChI=1S/C11H24O3Si/c1-5-6-7-8-9-10-11-15(12-2,13-3)14-4/h9-10H,5-8,11H2,1-4H3. The third-order valence-electron chi connectivity index (χ3n) is 2.44. The quantitative estimate of drug-likeness (QED) is 0.347. The van der Waals surface area contributed by atoms with E-state index in [1.807, 2.05) is 0 Å². The molecule has 0 unspecified atom stereocenters. The van der Waals surface area contributed by atoms with Gasteiger partial charge in [0.15, 0.2) is 0 Å². The van der Waals surface area contributed by atoms with E-state index in [9.17, 15) is 0 Å². The summed E-state index contributed by atoms with van der Waals surface area (Å²) in [6.07, 6.45) is 9.25. The van der Waals surface area contributed by atoms with Gasteiger partial charge in [0.1, 0.15) is 0 Å². The third-order valence-corrected chi connectivity index (χ3v) is 5.04. The smallest absolute Gasteiger partial charge is 0.377 e. The van der Waals surface area contributed by atoms with Crippen LogP contribution in [0, 0.1) is 0 Å². The highest BCUT2D eigenvalue weighted by Crippen LogP contribution is 2.13. The fourth-order valence-corrected chi connectivity index (χ4v) is 2.81. The van der Waals surface area contributed by atoms with Crippen LogP contribution in [0.1, 0.15) is 32.6 Å². The number of allylic oxidation sites excluding steroid dienone is 2. The molecule has 0 aliphatic carbocycles. The molecule has 0 fully saturated rings. The maximum absolute atomic E-state index is 5.31. The first kappa shape index (κ1) is 14.8. The van der Waals surface area contributed by atoms with E-state index in [1.165, 1.54) is 19.3 Å². The summed E-state index contributed by atoms with van der Waals surface area (Å²) in [5.41, 5.74) is 0. The van der Waals surface area contributed by atoms with Crippen LogP contribution < -0.4 is 0 Å². The molecular weight excluding hydrogens is 208 g/mol. The van der Waals surface area contributed by atoms with Crippen LogP contribution in [0.2, 0.25) is 6.04 Å². The van der Waals surface area contributed by atoms with Crippen LogP contribution in [0.25, 0.3) is 0 Å². The highest BCUT2D eigenvalue weighted by atomic mass is 28.4. The lowest BCUT2D eigenvalue weighted by Gasteiger charge is -2.22. The summed E-state index contributed by atoms with van der Waals surface area (Å²) in [5, 5.41) is 0. The van der Waals surface area contributed by atoms with Crippen molar-refractivity contribution in [3.05, 3.63) is 12.2 Å². The van der Waals surface area contributed by atoms with Gasteiger partial charge in [0.2, 0.25) is 0 Å². The van der Waals surface area contributed by atoms with Crippen molar-refractivity contribution in [2.45, 2.75) is 38.7 Å². The minimum absolute atomic E-state index is 0.753. The Morgan fingerprint density at radius 2 is 1.53 bits per heavy atom. The Labute approximate surface area is 94.8 Å². The summed E-state index contributed by atoms with van der Waals surface area (Å²) in [6, 6.07) is 0.753. The van der Waals surface area contributed by atoms with Gasteiger partial charge in [-0.25, -0.2) is 0 Å². The Hall–Kier alpha value is -0.163. The van der Waals surface area contributed by atoms with Crippen LogP contribution in [0.15, 0.2) is 12.2 Å². The molecule has 0 bridgehead atoms. The van der Waals surface area contributed by atoms with Crippen LogP contribution in [0.3, 0.4) is 0 Å². The average Bonchev–Trinajstić information content (AvgIpc) is 2.29. The molecular formula is C11H24O3Si. The largest absolute Gasteiger partial charge is 0.504 e. The van der Waals surface area contributed by atoms with E-state index >= 15 is 0 Å². The highest BCUT2D eigenvalue weighted by Gasteiger charge is 2.35. The molecule has 0 atom stereocenters. The fraction of sp³-hybridized carbons (Fsp3) is 0.818. The number of hydrogen-bond acceptors (Lipinski definition) is 3. The predicted octanol–water partition coefficient (Wildman–Crippen LogP) is 3.00. The number of rotatable bonds is 9. The molecule has 0 spiro atoms. The van der Waals surface area contributed by atoms with E-state index in [-0.39, 0.29) is 0 Å². The van der Waals surface area contributed by atoms with Gasteiger partial charge in [0, 0.05) is 27.4 Å². The van der Waals surface area contributed by atoms with Gasteiger partial charge in [-0.05, 0) is 12.8 Å². The van der Waals surface area contributed by atoms with Gasteiger partial charge in [0.25, 0.3) is 0 Å². The Kier molecular flexibility index (Phi) is 8.99. The molecule has 0 aliphatic rings. The number of hydrogen-bond donors (Lipinski definition) is 0. The molecule has 0 aromatic rings. The molecule has 0 rings (SSSR count). The first-order valence-corrected chi connectivity index (χ1v) is 7.48. The minimum Gasteiger partial charge on any atom is -0.377 e. The van der Waals surface area contributed by atoms with E-state index in [1.54, 1.807) is 21.3 Å². The second-order valence-electron chi connectivity index (χ2n) is 3.47. The molecule has 4 heteroatoms. The average molecular weight is 232 g/mol. The van der Waals surface area contributed by atoms with Crippen LogP contribution >= 0.6 is 0 Å². The Morgan fingerprint density at radius 3 is 2.00 bits per heavy atom. The van der Waals surface area contributed by atoms with E-state index in [0.717, 1.165) is 12.5 Å². The van der Waals surface area contributed by atoms with Crippen LogP contribution in [0.4, 0.5) is 0 Å². The molecule has 15 heavy (non-hydrogen) atoms. The normalized spacial score (nSPS) is 12.5. The summed E-state index contributed by atoms with van der Waals surface area (Å²) >= 11 is 0. The maximum Gasteiger partial charge on any atom is 0.504 e. The van der Waals surface area contributed by atoms with E-state index in [4.69, 9.17) is 13.3 Å². The minimum atomic E-state index is -2.37. The predicted molar refractivity (Wildman–Crippen MR) is 64.9 cm³/mol. The zero-order valence-electron chi connectivity index (χ0n) is 10.4. The molecule has 0 saturated heterocycles. The fourth-order valence-electron chi connectivity index (χ4n) is 1.36. The summed E-state index contributed by atoms with van der Waals surface area (Å²) in [5.74, 6) is 0. The summed E-state index contributed by atoms with van der Waals surface area (Å²) < 4.78 is 15.9. The molecule has 3 nitrogen and oxygen atoms in total. The molecule has 0 heterocycles. The van der Waals surface area contributed by atoms with Gasteiger partial charge < -0.3 is 13.3 Å². The Balaban J connectivity index is 3.78. The molecule has 0 aliphatic heterocycles. The second kappa shape index (κ2) is 9.09. The molecule has 0 aromatic carbocycles. The lowest BCUT2D eigenvalue weighted by Crippen LogP contribution is -2.42. The first-order chi connectivity index (χ1) is 7.24. The molecule has 90 valence electrons. The van der Waals surface area contributed by atoms with Crippen molar-refractivity contribution < 1.29 is 13.3 Å². The molecule has 0 amide bonds. The maximum atomic E-state index is 5.31. The monoisotopic (exact) mass is 232 g/mol. The molecule has 0 saturated carbocycles. The van der Waals surface area contributed by atoms with Gasteiger partial charge in [-0.3, -0.25) is 0 Å². The third kappa shape index (κ3) is 6.09. The first-order valence-electron chi connectivity index (χ1n) is 5.55. The van der Waals surface area contributed by atoms with Gasteiger partial charge in [-0.1, -0.05) is 31.9 Å². The van der Waals surface area contributed by atoms with E-state index in [0.29, 0.717) is 0 Å². The van der Waals surface area contributed by atoms with Crippen molar-refractivity contribution >= 4 is 8.80 Å². The van der Waals surface area contributed by atoms with Crippen LogP contribution in [0.5, 0.6) is 0 Å². The van der Waals surface area contributed by atoms with Crippen molar-refractivity contribution in [2.24, 2.45) is 0 Å². The lowest BCUT2D eigenvalue weighted by atomic mass is 10.2. The van der Waals surface area contributed by atoms with Crippen molar-refractivity contribution in [1.82, 2.24) is 0 Å². The zero-order chi connectivity index (χ0) is 11.6. The highest BCUT2D eigenvalue weighted by molar-refractivity contribution is 6.61. The number of unbranched alkanes of at least 4 members (excludes halogenated alkanes) is 3. The summed E-state index contributed by atoms with van der Waals surface area (Å²) in [7, 11) is 2.56. The molecule has 0 aromatic heterocycles.